The van der Waals surface area contributed by atoms with E-state index in [9.17, 15) is 14.4 Å². The molecule has 4 amide bonds. The minimum absolute atomic E-state index is 0.0356. The zero-order valence-electron chi connectivity index (χ0n) is 15.0. The highest BCUT2D eigenvalue weighted by Gasteiger charge is 2.49. The molecule has 2 aromatic rings. The van der Waals surface area contributed by atoms with Crippen LogP contribution in [-0.4, -0.2) is 42.9 Å². The molecule has 7 heteroatoms. The SMILES string of the molecule is C#CCNC(=O)CN1C(=O)N[C@](C)(c2ccc3cc(OC)ccc3c2)C1=O. The summed E-state index contributed by atoms with van der Waals surface area (Å²) in [6.07, 6.45) is 5.09. The van der Waals surface area contributed by atoms with Crippen molar-refractivity contribution in [3.8, 4) is 18.1 Å². The van der Waals surface area contributed by atoms with Crippen LogP contribution in [0.2, 0.25) is 0 Å². The molecule has 1 atom stereocenters. The molecule has 2 N–H and O–H groups in total. The van der Waals surface area contributed by atoms with Crippen LogP contribution in [0.15, 0.2) is 36.4 Å². The molecule has 0 aromatic heterocycles. The lowest BCUT2D eigenvalue weighted by Gasteiger charge is -2.22. The Kier molecular flexibility index (Phi) is 4.74. The quantitative estimate of drug-likeness (QED) is 0.619. The third kappa shape index (κ3) is 3.29. The van der Waals surface area contributed by atoms with E-state index in [1.54, 1.807) is 20.1 Å². The first-order valence-electron chi connectivity index (χ1n) is 8.31. The Hall–Kier alpha value is -3.53. The first-order valence-corrected chi connectivity index (χ1v) is 8.31. The Morgan fingerprint density at radius 3 is 2.67 bits per heavy atom. The summed E-state index contributed by atoms with van der Waals surface area (Å²) in [5.41, 5.74) is -0.623. The molecule has 0 saturated carbocycles. The van der Waals surface area contributed by atoms with Crippen LogP contribution in [0.3, 0.4) is 0 Å². The Morgan fingerprint density at radius 2 is 1.96 bits per heavy atom. The third-order valence-corrected chi connectivity index (χ3v) is 4.59. The van der Waals surface area contributed by atoms with Crippen molar-refractivity contribution in [2.45, 2.75) is 12.5 Å². The maximum absolute atomic E-state index is 12.9. The first-order chi connectivity index (χ1) is 12.9. The lowest BCUT2D eigenvalue weighted by Crippen LogP contribution is -2.43. The predicted molar refractivity (Wildman–Crippen MR) is 99.9 cm³/mol. The number of ether oxygens (including phenoxy) is 1. The summed E-state index contributed by atoms with van der Waals surface area (Å²) in [5.74, 6) is 2.02. The summed E-state index contributed by atoms with van der Waals surface area (Å²) in [5, 5.41) is 6.98. The Morgan fingerprint density at radius 1 is 1.26 bits per heavy atom. The van der Waals surface area contributed by atoms with E-state index in [1.807, 2.05) is 30.3 Å². The Balaban J connectivity index is 1.88. The fourth-order valence-electron chi connectivity index (χ4n) is 3.05. The number of amides is 4. The second-order valence-corrected chi connectivity index (χ2v) is 6.36. The number of hydrogen-bond donors (Lipinski definition) is 2. The number of methoxy groups -OCH3 is 1. The molecule has 1 aliphatic rings. The molecule has 0 unspecified atom stereocenters. The summed E-state index contributed by atoms with van der Waals surface area (Å²) >= 11 is 0. The van der Waals surface area contributed by atoms with Crippen molar-refractivity contribution in [3.05, 3.63) is 42.0 Å². The Labute approximate surface area is 156 Å². The fraction of sp³-hybridized carbons (Fsp3) is 0.250. The number of hydrogen-bond acceptors (Lipinski definition) is 4. The third-order valence-electron chi connectivity index (χ3n) is 4.59. The van der Waals surface area contributed by atoms with E-state index in [4.69, 9.17) is 11.2 Å². The molecule has 1 heterocycles. The number of carbonyl (C=O) groups is 3. The lowest BCUT2D eigenvalue weighted by molar-refractivity contribution is -0.134. The molecule has 0 radical (unpaired) electrons. The first kappa shape index (κ1) is 18.3. The van der Waals surface area contributed by atoms with Gasteiger partial charge in [0.15, 0.2) is 0 Å². The van der Waals surface area contributed by atoms with E-state index < -0.39 is 23.4 Å². The molecule has 1 aliphatic heterocycles. The summed E-state index contributed by atoms with van der Waals surface area (Å²) in [6, 6.07) is 10.5. The zero-order valence-corrected chi connectivity index (χ0v) is 15.0. The maximum Gasteiger partial charge on any atom is 0.325 e. The largest absolute Gasteiger partial charge is 0.497 e. The van der Waals surface area contributed by atoms with E-state index in [0.29, 0.717) is 5.56 Å². The van der Waals surface area contributed by atoms with Crippen molar-refractivity contribution in [2.75, 3.05) is 20.2 Å². The van der Waals surface area contributed by atoms with Gasteiger partial charge in [-0.15, -0.1) is 6.42 Å². The number of nitrogens with zero attached hydrogens (tertiary/aromatic N) is 1. The zero-order chi connectivity index (χ0) is 19.6. The number of benzene rings is 2. The van der Waals surface area contributed by atoms with Gasteiger partial charge in [0.2, 0.25) is 5.91 Å². The van der Waals surface area contributed by atoms with Gasteiger partial charge in [-0.05, 0) is 41.5 Å². The second-order valence-electron chi connectivity index (χ2n) is 6.36. The number of terminal acetylenes is 1. The summed E-state index contributed by atoms with van der Waals surface area (Å²) < 4.78 is 5.21. The standard InChI is InChI=1S/C20H19N3O4/c1-4-9-21-17(24)12-23-18(25)20(2,22-19(23)26)15-7-5-14-11-16(27-3)8-6-13(14)10-15/h1,5-8,10-11H,9,12H2,2-3H3,(H,21,24)(H,22,26)/t20-/m1/s1. The smallest absolute Gasteiger partial charge is 0.325 e. The van der Waals surface area contributed by atoms with Gasteiger partial charge in [0.1, 0.15) is 17.8 Å². The average Bonchev–Trinajstić information content (AvgIpc) is 2.89. The number of imide groups is 1. The summed E-state index contributed by atoms with van der Waals surface area (Å²) in [4.78, 5) is 37.9. The van der Waals surface area contributed by atoms with Gasteiger partial charge in [-0.2, -0.15) is 0 Å². The molecule has 1 saturated heterocycles. The minimum atomic E-state index is -1.25. The van der Waals surface area contributed by atoms with Crippen molar-refractivity contribution in [2.24, 2.45) is 0 Å². The number of fused-ring (bicyclic) bond motifs is 1. The van der Waals surface area contributed by atoms with E-state index in [-0.39, 0.29) is 13.1 Å². The van der Waals surface area contributed by atoms with Gasteiger partial charge in [-0.25, -0.2) is 4.79 Å². The van der Waals surface area contributed by atoms with Crippen molar-refractivity contribution in [1.82, 2.24) is 15.5 Å². The van der Waals surface area contributed by atoms with Crippen molar-refractivity contribution < 1.29 is 19.1 Å². The van der Waals surface area contributed by atoms with E-state index in [1.165, 1.54) is 0 Å². The van der Waals surface area contributed by atoms with Crippen LogP contribution >= 0.6 is 0 Å². The molecule has 3 rings (SSSR count). The van der Waals surface area contributed by atoms with E-state index in [0.717, 1.165) is 21.4 Å². The van der Waals surface area contributed by atoms with Crippen LogP contribution in [0.4, 0.5) is 4.79 Å². The highest BCUT2D eigenvalue weighted by Crippen LogP contribution is 2.31. The number of urea groups is 1. The number of nitrogens with one attached hydrogen (secondary N) is 2. The number of rotatable bonds is 5. The number of carbonyl (C=O) groups excluding carboxylic acids is 3. The predicted octanol–water partition coefficient (Wildman–Crippen LogP) is 1.36. The van der Waals surface area contributed by atoms with Gasteiger partial charge < -0.3 is 15.4 Å². The maximum atomic E-state index is 12.9. The molecule has 27 heavy (non-hydrogen) atoms. The van der Waals surface area contributed by atoms with E-state index >= 15 is 0 Å². The van der Waals surface area contributed by atoms with Crippen LogP contribution in [0.5, 0.6) is 5.75 Å². The monoisotopic (exact) mass is 365 g/mol. The molecule has 2 aromatic carbocycles. The summed E-state index contributed by atoms with van der Waals surface area (Å²) in [6.45, 7) is 1.28. The lowest BCUT2D eigenvalue weighted by atomic mass is 9.90. The van der Waals surface area contributed by atoms with Gasteiger partial charge in [-0.1, -0.05) is 24.1 Å². The second kappa shape index (κ2) is 7.00. The molecular weight excluding hydrogens is 346 g/mol. The molecular formula is C20H19N3O4. The van der Waals surface area contributed by atoms with Crippen LogP contribution < -0.4 is 15.4 Å². The molecule has 7 nitrogen and oxygen atoms in total. The molecule has 0 aliphatic carbocycles. The van der Waals surface area contributed by atoms with Gasteiger partial charge in [0.25, 0.3) is 5.91 Å². The summed E-state index contributed by atoms with van der Waals surface area (Å²) in [7, 11) is 1.59. The molecule has 0 spiro atoms. The average molecular weight is 365 g/mol. The van der Waals surface area contributed by atoms with Crippen LogP contribution in [-0.2, 0) is 15.1 Å². The van der Waals surface area contributed by atoms with Crippen LogP contribution in [0, 0.1) is 12.3 Å². The van der Waals surface area contributed by atoms with Crippen molar-refractivity contribution in [1.29, 1.82) is 0 Å². The normalized spacial score (nSPS) is 18.9. The molecule has 1 fully saturated rings. The van der Waals surface area contributed by atoms with Crippen LogP contribution in [0.25, 0.3) is 10.8 Å². The van der Waals surface area contributed by atoms with Crippen LogP contribution in [0.1, 0.15) is 12.5 Å². The molecule has 138 valence electrons. The molecule has 0 bridgehead atoms. The highest BCUT2D eigenvalue weighted by molar-refractivity contribution is 6.09. The van der Waals surface area contributed by atoms with Gasteiger partial charge in [0.05, 0.1) is 13.7 Å². The van der Waals surface area contributed by atoms with E-state index in [2.05, 4.69) is 16.6 Å². The highest BCUT2D eigenvalue weighted by atomic mass is 16.5. The minimum Gasteiger partial charge on any atom is -0.497 e. The van der Waals surface area contributed by atoms with Crippen molar-refractivity contribution >= 4 is 28.6 Å². The van der Waals surface area contributed by atoms with Gasteiger partial charge in [0, 0.05) is 0 Å². The fourth-order valence-corrected chi connectivity index (χ4v) is 3.05. The Bertz CT molecular complexity index is 979. The van der Waals surface area contributed by atoms with Gasteiger partial charge >= 0.3 is 6.03 Å². The topological polar surface area (TPSA) is 87.7 Å². The van der Waals surface area contributed by atoms with Crippen molar-refractivity contribution in [3.63, 3.8) is 0 Å². The van der Waals surface area contributed by atoms with Gasteiger partial charge in [-0.3, -0.25) is 14.5 Å².